The molecule has 2 saturated heterocycles. The number of nitrogens with zero attached hydrogens (tertiary/aromatic N) is 1. The van der Waals surface area contributed by atoms with Crippen LogP contribution in [0.15, 0.2) is 0 Å². The second kappa shape index (κ2) is 6.72. The summed E-state index contributed by atoms with van der Waals surface area (Å²) in [4.78, 5) is 2.58. The molecule has 0 aromatic carbocycles. The Balaban J connectivity index is 1.72. The predicted molar refractivity (Wildman–Crippen MR) is 71.3 cm³/mol. The smallest absolute Gasteiger partial charge is 0.0594 e. The van der Waals surface area contributed by atoms with Crippen LogP contribution in [-0.4, -0.2) is 49.8 Å². The first-order chi connectivity index (χ1) is 8.28. The Bertz CT molecular complexity index is 210. The molecule has 100 valence electrons. The molecule has 17 heavy (non-hydrogen) atoms. The van der Waals surface area contributed by atoms with Crippen LogP contribution in [0.5, 0.6) is 0 Å². The molecule has 3 nitrogen and oxygen atoms in total. The molecule has 0 aliphatic carbocycles. The second-order valence-corrected chi connectivity index (χ2v) is 5.76. The molecule has 0 amide bonds. The zero-order valence-corrected chi connectivity index (χ0v) is 11.5. The molecule has 3 unspecified atom stereocenters. The summed E-state index contributed by atoms with van der Waals surface area (Å²) in [6.45, 7) is 10.0. The second-order valence-electron chi connectivity index (χ2n) is 5.76. The Morgan fingerprint density at radius 3 is 2.65 bits per heavy atom. The van der Waals surface area contributed by atoms with Gasteiger partial charge < -0.3 is 10.1 Å². The van der Waals surface area contributed by atoms with Crippen molar-refractivity contribution in [1.29, 1.82) is 0 Å². The molecule has 1 N–H and O–H groups in total. The van der Waals surface area contributed by atoms with Crippen LogP contribution in [0.1, 0.15) is 39.5 Å². The van der Waals surface area contributed by atoms with Gasteiger partial charge in [0.05, 0.1) is 13.2 Å². The molecule has 0 saturated carbocycles. The SMILES string of the molecule is CCC(CC1CCC(C)N1)CN1CCOCC1. The lowest BCUT2D eigenvalue weighted by Gasteiger charge is -2.31. The number of nitrogens with one attached hydrogen (secondary N) is 1. The molecule has 2 rings (SSSR count). The lowest BCUT2D eigenvalue weighted by atomic mass is 9.95. The Morgan fingerprint density at radius 2 is 2.06 bits per heavy atom. The lowest BCUT2D eigenvalue weighted by Crippen LogP contribution is -2.40. The molecule has 0 radical (unpaired) electrons. The van der Waals surface area contributed by atoms with Gasteiger partial charge in [-0.2, -0.15) is 0 Å². The fraction of sp³-hybridized carbons (Fsp3) is 1.00. The third-order valence-corrected chi connectivity index (χ3v) is 4.28. The Labute approximate surface area is 106 Å². The maximum absolute atomic E-state index is 5.41. The van der Waals surface area contributed by atoms with Crippen molar-refractivity contribution in [2.45, 2.75) is 51.6 Å². The van der Waals surface area contributed by atoms with Gasteiger partial charge in [-0.3, -0.25) is 4.90 Å². The fourth-order valence-electron chi connectivity index (χ4n) is 3.13. The molecular weight excluding hydrogens is 212 g/mol. The molecule has 3 heteroatoms. The number of ether oxygens (including phenoxy) is 1. The van der Waals surface area contributed by atoms with Crippen LogP contribution in [-0.2, 0) is 4.74 Å². The van der Waals surface area contributed by atoms with E-state index in [2.05, 4.69) is 24.1 Å². The third kappa shape index (κ3) is 4.23. The van der Waals surface area contributed by atoms with Gasteiger partial charge >= 0.3 is 0 Å². The minimum Gasteiger partial charge on any atom is -0.379 e. The molecule has 3 atom stereocenters. The maximum Gasteiger partial charge on any atom is 0.0594 e. The lowest BCUT2D eigenvalue weighted by molar-refractivity contribution is 0.0291. The molecule has 0 aromatic rings. The summed E-state index contributed by atoms with van der Waals surface area (Å²) in [7, 11) is 0. The van der Waals surface area contributed by atoms with Crippen LogP contribution in [0.2, 0.25) is 0 Å². The van der Waals surface area contributed by atoms with Gasteiger partial charge in [-0.15, -0.1) is 0 Å². The number of hydrogen-bond acceptors (Lipinski definition) is 3. The van der Waals surface area contributed by atoms with E-state index >= 15 is 0 Å². The maximum atomic E-state index is 5.41. The Kier molecular flexibility index (Phi) is 5.26. The summed E-state index contributed by atoms with van der Waals surface area (Å²) < 4.78 is 5.41. The highest BCUT2D eigenvalue weighted by atomic mass is 16.5. The zero-order valence-electron chi connectivity index (χ0n) is 11.5. The minimum atomic E-state index is 0.737. The highest BCUT2D eigenvalue weighted by Gasteiger charge is 2.24. The molecular formula is C14H28N2O. The molecule has 2 aliphatic heterocycles. The summed E-state index contributed by atoms with van der Waals surface area (Å²) in [5, 5.41) is 3.71. The van der Waals surface area contributed by atoms with E-state index in [4.69, 9.17) is 4.74 Å². The number of rotatable bonds is 5. The highest BCUT2D eigenvalue weighted by molar-refractivity contribution is 4.83. The predicted octanol–water partition coefficient (Wildman–Crippen LogP) is 1.88. The van der Waals surface area contributed by atoms with E-state index in [9.17, 15) is 0 Å². The van der Waals surface area contributed by atoms with E-state index in [1.54, 1.807) is 0 Å². The number of morpholine rings is 1. The van der Waals surface area contributed by atoms with Gasteiger partial charge in [0.15, 0.2) is 0 Å². The largest absolute Gasteiger partial charge is 0.379 e. The molecule has 2 heterocycles. The Hall–Kier alpha value is -0.120. The van der Waals surface area contributed by atoms with Crippen LogP contribution in [0.3, 0.4) is 0 Å². The van der Waals surface area contributed by atoms with Gasteiger partial charge in [0.25, 0.3) is 0 Å². The van der Waals surface area contributed by atoms with Crippen molar-refractivity contribution in [3.05, 3.63) is 0 Å². The van der Waals surface area contributed by atoms with Crippen molar-refractivity contribution in [3.63, 3.8) is 0 Å². The minimum absolute atomic E-state index is 0.737. The molecule has 0 bridgehead atoms. The van der Waals surface area contributed by atoms with Crippen molar-refractivity contribution in [3.8, 4) is 0 Å². The summed E-state index contributed by atoms with van der Waals surface area (Å²) in [5.41, 5.74) is 0. The van der Waals surface area contributed by atoms with Gasteiger partial charge in [-0.1, -0.05) is 13.3 Å². The van der Waals surface area contributed by atoms with Crippen molar-refractivity contribution >= 4 is 0 Å². The first kappa shape index (κ1) is 13.3. The van der Waals surface area contributed by atoms with Gasteiger partial charge in [0.1, 0.15) is 0 Å². The average molecular weight is 240 g/mol. The zero-order chi connectivity index (χ0) is 12.1. The first-order valence-electron chi connectivity index (χ1n) is 7.34. The van der Waals surface area contributed by atoms with Gasteiger partial charge in [-0.05, 0) is 32.1 Å². The molecule has 0 aromatic heterocycles. The molecule has 2 fully saturated rings. The van der Waals surface area contributed by atoms with Crippen molar-refractivity contribution in [1.82, 2.24) is 10.2 Å². The van der Waals surface area contributed by atoms with Gasteiger partial charge in [0, 0.05) is 31.7 Å². The summed E-state index contributed by atoms with van der Waals surface area (Å²) in [6, 6.07) is 1.51. The summed E-state index contributed by atoms with van der Waals surface area (Å²) >= 11 is 0. The highest BCUT2D eigenvalue weighted by Crippen LogP contribution is 2.21. The van der Waals surface area contributed by atoms with E-state index in [1.807, 2.05) is 0 Å². The number of hydrogen-bond donors (Lipinski definition) is 1. The van der Waals surface area contributed by atoms with E-state index in [0.29, 0.717) is 0 Å². The van der Waals surface area contributed by atoms with Crippen molar-refractivity contribution < 1.29 is 4.74 Å². The molecule has 2 aliphatic rings. The fourth-order valence-corrected chi connectivity index (χ4v) is 3.13. The summed E-state index contributed by atoms with van der Waals surface area (Å²) in [6.07, 6.45) is 5.40. The quantitative estimate of drug-likeness (QED) is 0.794. The van der Waals surface area contributed by atoms with E-state index in [-0.39, 0.29) is 0 Å². The normalized spacial score (nSPS) is 32.8. The van der Waals surface area contributed by atoms with Crippen molar-refractivity contribution in [2.24, 2.45) is 5.92 Å². The Morgan fingerprint density at radius 1 is 1.29 bits per heavy atom. The topological polar surface area (TPSA) is 24.5 Å². The standard InChI is InChI=1S/C14H28N2O/c1-3-13(10-14-5-4-12(2)15-14)11-16-6-8-17-9-7-16/h12-15H,3-11H2,1-2H3. The van der Waals surface area contributed by atoms with E-state index in [1.165, 1.54) is 32.2 Å². The first-order valence-corrected chi connectivity index (χ1v) is 7.34. The average Bonchev–Trinajstić information content (AvgIpc) is 2.75. The van der Waals surface area contributed by atoms with Gasteiger partial charge in [0.2, 0.25) is 0 Å². The molecule has 0 spiro atoms. The third-order valence-electron chi connectivity index (χ3n) is 4.28. The van der Waals surface area contributed by atoms with Crippen LogP contribution in [0.25, 0.3) is 0 Å². The van der Waals surface area contributed by atoms with Crippen LogP contribution in [0, 0.1) is 5.92 Å². The van der Waals surface area contributed by atoms with E-state index < -0.39 is 0 Å². The van der Waals surface area contributed by atoms with E-state index in [0.717, 1.165) is 44.3 Å². The summed E-state index contributed by atoms with van der Waals surface area (Å²) in [5.74, 6) is 0.857. The van der Waals surface area contributed by atoms with Crippen molar-refractivity contribution in [2.75, 3.05) is 32.8 Å². The monoisotopic (exact) mass is 240 g/mol. The van der Waals surface area contributed by atoms with Crippen LogP contribution >= 0.6 is 0 Å². The van der Waals surface area contributed by atoms with Gasteiger partial charge in [-0.25, -0.2) is 0 Å². The van der Waals surface area contributed by atoms with Crippen LogP contribution < -0.4 is 5.32 Å². The van der Waals surface area contributed by atoms with Crippen LogP contribution in [0.4, 0.5) is 0 Å².